The first-order chi connectivity index (χ1) is 10.3. The molecule has 1 rings (SSSR count). The first-order valence-corrected chi connectivity index (χ1v) is 7.48. The minimum Gasteiger partial charge on any atom is -0.357 e. The fraction of sp³-hybridized carbons (Fsp3) is 0.714. The van der Waals surface area contributed by atoms with Gasteiger partial charge in [-0.3, -0.25) is 9.48 Å². The number of hydrogen-bond donors (Lipinski definition) is 3. The molecule has 0 aliphatic heterocycles. The van der Waals surface area contributed by atoms with Crippen molar-refractivity contribution >= 4 is 11.9 Å². The molecule has 1 aromatic heterocycles. The number of aryl methyl sites for hydroxylation is 1. The zero-order chi connectivity index (χ0) is 16.6. The van der Waals surface area contributed by atoms with E-state index in [-0.39, 0.29) is 11.3 Å². The van der Waals surface area contributed by atoms with Crippen molar-refractivity contribution in [2.24, 2.45) is 17.5 Å². The van der Waals surface area contributed by atoms with Crippen LogP contribution in [0.4, 0.5) is 0 Å². The quantitative estimate of drug-likeness (QED) is 0.391. The fourth-order valence-electron chi connectivity index (χ4n) is 1.58. The average Bonchev–Trinajstić information content (AvgIpc) is 2.84. The van der Waals surface area contributed by atoms with Gasteiger partial charge in [-0.05, 0) is 6.92 Å². The highest BCUT2D eigenvalue weighted by atomic mass is 16.2. The molecular formula is C14H27N7O. The first kappa shape index (κ1) is 17.9. The number of carbonyl (C=O) groups excluding carboxylic acids is 1. The third-order valence-electron chi connectivity index (χ3n) is 2.91. The number of hydrogen-bond acceptors (Lipinski definition) is 4. The molecule has 0 aliphatic rings. The summed E-state index contributed by atoms with van der Waals surface area (Å²) in [4.78, 5) is 20.3. The van der Waals surface area contributed by atoms with Gasteiger partial charge in [-0.2, -0.15) is 5.10 Å². The number of nitrogens with one attached hydrogen (secondary N) is 3. The molecule has 1 heterocycles. The van der Waals surface area contributed by atoms with Crippen molar-refractivity contribution in [2.75, 3.05) is 19.6 Å². The van der Waals surface area contributed by atoms with Crippen LogP contribution in [0.3, 0.4) is 0 Å². The Hall–Kier alpha value is -2.12. The number of aliphatic imine (C=N–C) groups is 1. The predicted molar refractivity (Wildman–Crippen MR) is 86.3 cm³/mol. The Morgan fingerprint density at radius 2 is 1.95 bits per heavy atom. The van der Waals surface area contributed by atoms with Crippen LogP contribution in [0.15, 0.2) is 11.3 Å². The molecule has 1 aromatic rings. The molecule has 8 heteroatoms. The van der Waals surface area contributed by atoms with Gasteiger partial charge >= 0.3 is 0 Å². The third-order valence-corrected chi connectivity index (χ3v) is 2.91. The van der Waals surface area contributed by atoms with E-state index in [9.17, 15) is 4.79 Å². The lowest BCUT2D eigenvalue weighted by molar-refractivity contribution is -0.128. The largest absolute Gasteiger partial charge is 0.357 e. The van der Waals surface area contributed by atoms with E-state index < -0.39 is 0 Å². The van der Waals surface area contributed by atoms with Gasteiger partial charge in [0.05, 0.1) is 0 Å². The van der Waals surface area contributed by atoms with Crippen LogP contribution in [0.2, 0.25) is 0 Å². The third kappa shape index (κ3) is 6.11. The molecule has 3 N–H and O–H groups in total. The summed E-state index contributed by atoms with van der Waals surface area (Å²) < 4.78 is 1.69. The second kappa shape index (κ2) is 8.35. The molecule has 0 aromatic carbocycles. The maximum atomic E-state index is 11.8. The van der Waals surface area contributed by atoms with Gasteiger partial charge in [0.25, 0.3) is 0 Å². The summed E-state index contributed by atoms with van der Waals surface area (Å²) in [7, 11) is 1.83. The van der Waals surface area contributed by atoms with Crippen LogP contribution in [0.25, 0.3) is 0 Å². The van der Waals surface area contributed by atoms with E-state index in [1.807, 2.05) is 34.7 Å². The van der Waals surface area contributed by atoms with Crippen molar-refractivity contribution in [3.05, 3.63) is 12.2 Å². The molecule has 1 amide bonds. The van der Waals surface area contributed by atoms with Crippen LogP contribution >= 0.6 is 0 Å². The van der Waals surface area contributed by atoms with E-state index in [4.69, 9.17) is 0 Å². The van der Waals surface area contributed by atoms with E-state index in [1.165, 1.54) is 6.33 Å². The van der Waals surface area contributed by atoms with Crippen molar-refractivity contribution in [2.45, 2.75) is 34.2 Å². The smallest absolute Gasteiger partial charge is 0.225 e. The van der Waals surface area contributed by atoms with Gasteiger partial charge in [-0.1, -0.05) is 20.8 Å². The van der Waals surface area contributed by atoms with Gasteiger partial charge in [-0.15, -0.1) is 0 Å². The molecule has 0 bridgehead atoms. The van der Waals surface area contributed by atoms with Gasteiger partial charge in [0.2, 0.25) is 5.91 Å². The summed E-state index contributed by atoms with van der Waals surface area (Å²) in [5, 5.41) is 13.2. The summed E-state index contributed by atoms with van der Waals surface area (Å²) >= 11 is 0. The summed E-state index contributed by atoms with van der Waals surface area (Å²) in [6.45, 7) is 10.0. The highest BCUT2D eigenvalue weighted by Gasteiger charge is 2.20. The van der Waals surface area contributed by atoms with Gasteiger partial charge in [0.15, 0.2) is 5.96 Å². The molecule has 0 spiro atoms. The van der Waals surface area contributed by atoms with Crippen molar-refractivity contribution in [3.8, 4) is 0 Å². The molecule has 0 radical (unpaired) electrons. The monoisotopic (exact) mass is 309 g/mol. The molecule has 0 unspecified atom stereocenters. The number of aromatic nitrogens is 3. The van der Waals surface area contributed by atoms with E-state index in [0.717, 1.165) is 12.4 Å². The van der Waals surface area contributed by atoms with E-state index in [1.54, 1.807) is 4.68 Å². The predicted octanol–water partition coefficient (Wildman–Crippen LogP) is 0.0325. The van der Waals surface area contributed by atoms with Crippen LogP contribution in [0.5, 0.6) is 0 Å². The van der Waals surface area contributed by atoms with Gasteiger partial charge in [0.1, 0.15) is 18.7 Å². The zero-order valence-corrected chi connectivity index (χ0v) is 14.1. The molecule has 0 saturated carbocycles. The minimum atomic E-state index is -0.371. The number of amides is 1. The Labute approximate surface area is 131 Å². The van der Waals surface area contributed by atoms with Gasteiger partial charge < -0.3 is 16.0 Å². The Bertz CT molecular complexity index is 502. The number of carbonyl (C=O) groups is 1. The molecule has 0 saturated heterocycles. The van der Waals surface area contributed by atoms with Crippen molar-refractivity contribution in [1.82, 2.24) is 30.7 Å². The van der Waals surface area contributed by atoms with Crippen LogP contribution < -0.4 is 16.0 Å². The molecule has 22 heavy (non-hydrogen) atoms. The van der Waals surface area contributed by atoms with Crippen LogP contribution in [-0.4, -0.2) is 46.3 Å². The highest BCUT2D eigenvalue weighted by Crippen LogP contribution is 2.11. The first-order valence-electron chi connectivity index (χ1n) is 7.48. The molecule has 8 nitrogen and oxygen atoms in total. The molecule has 0 aliphatic carbocycles. The van der Waals surface area contributed by atoms with Crippen molar-refractivity contribution in [1.29, 1.82) is 0 Å². The Balaban J connectivity index is 2.41. The summed E-state index contributed by atoms with van der Waals surface area (Å²) in [6, 6.07) is 0. The lowest BCUT2D eigenvalue weighted by atomic mass is 9.96. The number of guanidine groups is 1. The molecule has 124 valence electrons. The second-order valence-electron chi connectivity index (χ2n) is 5.93. The maximum absolute atomic E-state index is 11.8. The van der Waals surface area contributed by atoms with Crippen LogP contribution in [0, 0.1) is 5.41 Å². The number of nitrogens with zero attached hydrogens (tertiary/aromatic N) is 4. The zero-order valence-electron chi connectivity index (χ0n) is 14.1. The standard InChI is InChI=1S/C14H27N7O/c1-6-15-13(18-9-11-19-10-20-21(11)5)17-8-7-16-12(22)14(2,3)4/h10H,6-9H2,1-5H3,(H,16,22)(H2,15,17,18). The molecule has 0 fully saturated rings. The normalized spacial score (nSPS) is 12.1. The average molecular weight is 309 g/mol. The van der Waals surface area contributed by atoms with Crippen molar-refractivity contribution < 1.29 is 4.79 Å². The van der Waals surface area contributed by atoms with Gasteiger partial charge in [-0.25, -0.2) is 9.98 Å². The van der Waals surface area contributed by atoms with Gasteiger partial charge in [0, 0.05) is 32.1 Å². The van der Waals surface area contributed by atoms with E-state index in [2.05, 4.69) is 31.0 Å². The SMILES string of the molecule is CCNC(=NCc1ncnn1C)NCCNC(=O)C(C)(C)C. The Morgan fingerprint density at radius 1 is 1.27 bits per heavy atom. The lowest BCUT2D eigenvalue weighted by Gasteiger charge is -2.18. The van der Waals surface area contributed by atoms with E-state index in [0.29, 0.717) is 25.6 Å². The fourth-order valence-corrected chi connectivity index (χ4v) is 1.58. The topological polar surface area (TPSA) is 96.2 Å². The van der Waals surface area contributed by atoms with E-state index >= 15 is 0 Å². The Morgan fingerprint density at radius 3 is 2.50 bits per heavy atom. The summed E-state index contributed by atoms with van der Waals surface area (Å²) in [5.74, 6) is 1.52. The summed E-state index contributed by atoms with van der Waals surface area (Å²) in [6.07, 6.45) is 1.51. The van der Waals surface area contributed by atoms with Crippen molar-refractivity contribution in [3.63, 3.8) is 0 Å². The number of rotatable bonds is 6. The highest BCUT2D eigenvalue weighted by molar-refractivity contribution is 5.81. The molecule has 0 atom stereocenters. The van der Waals surface area contributed by atoms with Crippen LogP contribution in [0.1, 0.15) is 33.5 Å². The minimum absolute atomic E-state index is 0.0373. The molecular weight excluding hydrogens is 282 g/mol. The second-order valence-corrected chi connectivity index (χ2v) is 5.93. The Kier molecular flexibility index (Phi) is 6.81. The lowest BCUT2D eigenvalue weighted by Crippen LogP contribution is -2.43. The van der Waals surface area contributed by atoms with Crippen LogP contribution in [-0.2, 0) is 18.4 Å². The summed E-state index contributed by atoms with van der Waals surface area (Å²) in [5.41, 5.74) is -0.371. The maximum Gasteiger partial charge on any atom is 0.225 e.